The van der Waals surface area contributed by atoms with Gasteiger partial charge < -0.3 is 5.32 Å². The molecule has 2 aromatic heterocycles. The third-order valence-corrected chi connectivity index (χ3v) is 2.99. The maximum Gasteiger partial charge on any atom is 0.163 e. The Morgan fingerprint density at radius 3 is 3.06 bits per heavy atom. The molecule has 0 saturated carbocycles. The van der Waals surface area contributed by atoms with E-state index < -0.39 is 0 Å². The Morgan fingerprint density at radius 1 is 1.47 bits per heavy atom. The molecule has 2 heterocycles. The van der Waals surface area contributed by atoms with Crippen molar-refractivity contribution >= 4 is 28.5 Å². The van der Waals surface area contributed by atoms with Crippen LogP contribution in [0.5, 0.6) is 0 Å². The number of nitrogens with zero attached hydrogens (tertiary/aromatic N) is 4. The van der Waals surface area contributed by atoms with Crippen molar-refractivity contribution in [3.8, 4) is 0 Å². The Hall–Kier alpha value is -1.36. The standard InChI is InChI=1S/C11H16ClN5/c1-3-4-8(12)5-13-10-9-6-16-17(2)11(9)15-7-14-10/h6-8H,3-5H2,1-2H3,(H,13,14,15). The number of nitrogens with one attached hydrogen (secondary N) is 1. The predicted octanol–water partition coefficient (Wildman–Crippen LogP) is 2.18. The summed E-state index contributed by atoms with van der Waals surface area (Å²) >= 11 is 6.16. The second-order valence-corrected chi connectivity index (χ2v) is 4.61. The lowest BCUT2D eigenvalue weighted by molar-refractivity contribution is 0.750. The second-order valence-electron chi connectivity index (χ2n) is 3.99. The minimum Gasteiger partial charge on any atom is -0.368 e. The fourth-order valence-corrected chi connectivity index (χ4v) is 2.02. The number of fused-ring (bicyclic) bond motifs is 1. The number of alkyl halides is 1. The van der Waals surface area contributed by atoms with Gasteiger partial charge in [-0.2, -0.15) is 5.10 Å². The first-order valence-corrected chi connectivity index (χ1v) is 6.16. The molecule has 0 aromatic carbocycles. The van der Waals surface area contributed by atoms with Crippen LogP contribution in [0, 0.1) is 0 Å². The van der Waals surface area contributed by atoms with E-state index in [9.17, 15) is 0 Å². The molecule has 1 N–H and O–H groups in total. The Kier molecular flexibility index (Phi) is 3.78. The van der Waals surface area contributed by atoms with E-state index in [1.165, 1.54) is 6.33 Å². The van der Waals surface area contributed by atoms with Crippen molar-refractivity contribution in [1.29, 1.82) is 0 Å². The third-order valence-electron chi connectivity index (χ3n) is 2.62. The fourth-order valence-electron chi connectivity index (χ4n) is 1.73. The molecule has 92 valence electrons. The van der Waals surface area contributed by atoms with Gasteiger partial charge in [-0.1, -0.05) is 13.3 Å². The average Bonchev–Trinajstić information content (AvgIpc) is 2.70. The van der Waals surface area contributed by atoms with Crippen LogP contribution in [0.25, 0.3) is 11.0 Å². The summed E-state index contributed by atoms with van der Waals surface area (Å²) in [5, 5.41) is 8.46. The minimum absolute atomic E-state index is 0.127. The van der Waals surface area contributed by atoms with E-state index in [0.29, 0.717) is 6.54 Å². The van der Waals surface area contributed by atoms with Crippen LogP contribution in [0.4, 0.5) is 5.82 Å². The average molecular weight is 254 g/mol. The van der Waals surface area contributed by atoms with E-state index in [1.54, 1.807) is 10.9 Å². The van der Waals surface area contributed by atoms with Crippen molar-refractivity contribution in [1.82, 2.24) is 19.7 Å². The highest BCUT2D eigenvalue weighted by Crippen LogP contribution is 2.18. The summed E-state index contributed by atoms with van der Waals surface area (Å²) < 4.78 is 1.73. The van der Waals surface area contributed by atoms with Gasteiger partial charge in [0.05, 0.1) is 17.0 Å². The molecular weight excluding hydrogens is 238 g/mol. The minimum atomic E-state index is 0.127. The Morgan fingerprint density at radius 2 is 2.29 bits per heavy atom. The zero-order valence-electron chi connectivity index (χ0n) is 10.0. The van der Waals surface area contributed by atoms with Crippen molar-refractivity contribution in [2.45, 2.75) is 25.1 Å². The molecule has 0 spiro atoms. The number of hydrogen-bond acceptors (Lipinski definition) is 4. The van der Waals surface area contributed by atoms with Gasteiger partial charge >= 0.3 is 0 Å². The highest BCUT2D eigenvalue weighted by Gasteiger charge is 2.09. The molecule has 2 aromatic rings. The molecule has 1 unspecified atom stereocenters. The lowest BCUT2D eigenvalue weighted by Gasteiger charge is -2.10. The molecule has 0 aliphatic heterocycles. The molecule has 0 aliphatic carbocycles. The van der Waals surface area contributed by atoms with Crippen LogP contribution in [0.15, 0.2) is 12.5 Å². The van der Waals surface area contributed by atoms with E-state index >= 15 is 0 Å². The molecule has 0 saturated heterocycles. The third kappa shape index (κ3) is 2.66. The number of halogens is 1. The molecule has 6 heteroatoms. The molecule has 17 heavy (non-hydrogen) atoms. The molecule has 2 rings (SSSR count). The molecular formula is C11H16ClN5. The number of aryl methyl sites for hydroxylation is 1. The first-order valence-electron chi connectivity index (χ1n) is 5.73. The molecule has 0 fully saturated rings. The van der Waals surface area contributed by atoms with Gasteiger partial charge in [-0.3, -0.25) is 4.68 Å². The van der Waals surface area contributed by atoms with Crippen LogP contribution in [-0.4, -0.2) is 31.7 Å². The highest BCUT2D eigenvalue weighted by molar-refractivity contribution is 6.20. The Bertz CT molecular complexity index is 496. The zero-order valence-corrected chi connectivity index (χ0v) is 10.8. The van der Waals surface area contributed by atoms with Gasteiger partial charge in [0.1, 0.15) is 12.1 Å². The van der Waals surface area contributed by atoms with Crippen LogP contribution in [0.3, 0.4) is 0 Å². The summed E-state index contributed by atoms with van der Waals surface area (Å²) in [6, 6.07) is 0. The normalized spacial score (nSPS) is 12.9. The first-order chi connectivity index (χ1) is 8.22. The van der Waals surface area contributed by atoms with Crippen molar-refractivity contribution in [3.63, 3.8) is 0 Å². The molecule has 5 nitrogen and oxygen atoms in total. The van der Waals surface area contributed by atoms with E-state index in [-0.39, 0.29) is 5.38 Å². The quantitative estimate of drug-likeness (QED) is 0.830. The fraction of sp³-hybridized carbons (Fsp3) is 0.545. The first kappa shape index (κ1) is 12.1. The summed E-state index contributed by atoms with van der Waals surface area (Å²) in [5.74, 6) is 0.796. The molecule has 0 aliphatic rings. The summed E-state index contributed by atoms with van der Waals surface area (Å²) in [7, 11) is 1.86. The van der Waals surface area contributed by atoms with Gasteiger partial charge in [-0.05, 0) is 6.42 Å². The maximum atomic E-state index is 6.16. The number of aromatic nitrogens is 4. The smallest absolute Gasteiger partial charge is 0.163 e. The molecule has 0 amide bonds. The van der Waals surface area contributed by atoms with Crippen LogP contribution in [-0.2, 0) is 7.05 Å². The monoisotopic (exact) mass is 253 g/mol. The largest absolute Gasteiger partial charge is 0.368 e. The van der Waals surface area contributed by atoms with Gasteiger partial charge in [-0.25, -0.2) is 9.97 Å². The maximum absolute atomic E-state index is 6.16. The van der Waals surface area contributed by atoms with Crippen molar-refractivity contribution in [3.05, 3.63) is 12.5 Å². The van der Waals surface area contributed by atoms with Crippen molar-refractivity contribution in [2.24, 2.45) is 7.05 Å². The Labute approximate surface area is 105 Å². The topological polar surface area (TPSA) is 55.6 Å². The van der Waals surface area contributed by atoms with Gasteiger partial charge in [-0.15, -0.1) is 11.6 Å². The number of hydrogen-bond donors (Lipinski definition) is 1. The van der Waals surface area contributed by atoms with Crippen LogP contribution in [0.1, 0.15) is 19.8 Å². The van der Waals surface area contributed by atoms with Gasteiger partial charge in [0.15, 0.2) is 5.65 Å². The number of anilines is 1. The van der Waals surface area contributed by atoms with E-state index in [1.807, 2.05) is 7.05 Å². The summed E-state index contributed by atoms with van der Waals surface area (Å²) in [6.45, 7) is 2.83. The van der Waals surface area contributed by atoms with E-state index in [2.05, 4.69) is 27.3 Å². The zero-order chi connectivity index (χ0) is 12.3. The van der Waals surface area contributed by atoms with E-state index in [0.717, 1.165) is 29.7 Å². The SMILES string of the molecule is CCCC(Cl)CNc1ncnc2c1cnn2C. The Balaban J connectivity index is 2.13. The summed E-state index contributed by atoms with van der Waals surface area (Å²) in [4.78, 5) is 8.40. The van der Waals surface area contributed by atoms with E-state index in [4.69, 9.17) is 11.6 Å². The van der Waals surface area contributed by atoms with Crippen LogP contribution >= 0.6 is 11.6 Å². The lowest BCUT2D eigenvalue weighted by atomic mass is 10.2. The lowest BCUT2D eigenvalue weighted by Crippen LogP contribution is -2.14. The van der Waals surface area contributed by atoms with Crippen LogP contribution in [0.2, 0.25) is 0 Å². The van der Waals surface area contributed by atoms with Crippen molar-refractivity contribution in [2.75, 3.05) is 11.9 Å². The predicted molar refractivity (Wildman–Crippen MR) is 69.3 cm³/mol. The van der Waals surface area contributed by atoms with Crippen LogP contribution < -0.4 is 5.32 Å². The number of rotatable bonds is 5. The van der Waals surface area contributed by atoms with Gasteiger partial charge in [0, 0.05) is 13.6 Å². The molecule has 1 atom stereocenters. The summed E-state index contributed by atoms with van der Waals surface area (Å²) in [6.07, 6.45) is 5.38. The van der Waals surface area contributed by atoms with Gasteiger partial charge in [0.25, 0.3) is 0 Å². The highest BCUT2D eigenvalue weighted by atomic mass is 35.5. The summed E-state index contributed by atoms with van der Waals surface area (Å²) in [5.41, 5.74) is 0.823. The molecule has 0 bridgehead atoms. The van der Waals surface area contributed by atoms with Crippen molar-refractivity contribution < 1.29 is 0 Å². The van der Waals surface area contributed by atoms with Gasteiger partial charge in [0.2, 0.25) is 0 Å². The molecule has 0 radical (unpaired) electrons. The second kappa shape index (κ2) is 5.31.